The molecule has 0 aliphatic heterocycles. The Morgan fingerprint density at radius 3 is 2.80 bits per heavy atom. The van der Waals surface area contributed by atoms with Gasteiger partial charge in [0.25, 0.3) is 0 Å². The van der Waals surface area contributed by atoms with Gasteiger partial charge in [0.1, 0.15) is 17.4 Å². The highest BCUT2D eigenvalue weighted by Crippen LogP contribution is 2.24. The lowest BCUT2D eigenvalue weighted by atomic mass is 10.0. The number of benzene rings is 1. The van der Waals surface area contributed by atoms with E-state index in [0.29, 0.717) is 5.56 Å². The van der Waals surface area contributed by atoms with E-state index in [2.05, 4.69) is 4.74 Å². The number of hydrogen-bond donors (Lipinski definition) is 2. The fraction of sp³-hybridized carbons (Fsp3) is 0.200. The number of esters is 1. The van der Waals surface area contributed by atoms with E-state index in [4.69, 9.17) is 11.0 Å². The van der Waals surface area contributed by atoms with Gasteiger partial charge >= 0.3 is 5.97 Å². The highest BCUT2D eigenvalue weighted by atomic mass is 16.5. The Balaban J connectivity index is 3.38. The van der Waals surface area contributed by atoms with Gasteiger partial charge in [-0.05, 0) is 17.7 Å². The Kier molecular flexibility index (Phi) is 3.26. The van der Waals surface area contributed by atoms with Crippen LogP contribution in [-0.4, -0.2) is 18.2 Å². The van der Waals surface area contributed by atoms with Gasteiger partial charge in [0.05, 0.1) is 12.7 Å². The number of nitrogens with zero attached hydrogens (tertiary/aromatic N) is 1. The Bertz CT molecular complexity index is 435. The van der Waals surface area contributed by atoms with Crippen molar-refractivity contribution < 1.29 is 14.6 Å². The average Bonchev–Trinajstić information content (AvgIpc) is 2.28. The zero-order valence-corrected chi connectivity index (χ0v) is 8.15. The second kappa shape index (κ2) is 4.44. The normalized spacial score (nSPS) is 9.40. The number of hydrogen-bond acceptors (Lipinski definition) is 5. The maximum atomic E-state index is 11.2. The Morgan fingerprint density at radius 2 is 2.33 bits per heavy atom. The van der Waals surface area contributed by atoms with Crippen molar-refractivity contribution in [3.8, 4) is 11.8 Å². The molecule has 0 unspecified atom stereocenters. The van der Waals surface area contributed by atoms with Crippen molar-refractivity contribution in [1.29, 1.82) is 5.26 Å². The van der Waals surface area contributed by atoms with Crippen LogP contribution >= 0.6 is 0 Å². The molecular weight excluding hydrogens is 196 g/mol. The summed E-state index contributed by atoms with van der Waals surface area (Å²) < 4.78 is 4.47. The SMILES string of the molecule is COC(=O)c1cc(CN)cc(C#N)c1O. The van der Waals surface area contributed by atoms with Gasteiger partial charge in [0, 0.05) is 6.54 Å². The minimum Gasteiger partial charge on any atom is -0.506 e. The highest BCUT2D eigenvalue weighted by molar-refractivity contribution is 5.93. The molecule has 3 N–H and O–H groups in total. The topological polar surface area (TPSA) is 96.3 Å². The lowest BCUT2D eigenvalue weighted by Gasteiger charge is -2.06. The van der Waals surface area contributed by atoms with Gasteiger partial charge in [-0.15, -0.1) is 0 Å². The van der Waals surface area contributed by atoms with Crippen molar-refractivity contribution in [2.45, 2.75) is 6.54 Å². The summed E-state index contributed by atoms with van der Waals surface area (Å²) in [6.07, 6.45) is 0. The summed E-state index contributed by atoms with van der Waals surface area (Å²) in [6.45, 7) is 0.180. The van der Waals surface area contributed by atoms with Gasteiger partial charge < -0.3 is 15.6 Å². The van der Waals surface area contributed by atoms with Gasteiger partial charge in [0.15, 0.2) is 0 Å². The number of ether oxygens (including phenoxy) is 1. The Labute approximate surface area is 86.7 Å². The smallest absolute Gasteiger partial charge is 0.341 e. The minimum absolute atomic E-state index is 0.0124. The van der Waals surface area contributed by atoms with E-state index in [1.807, 2.05) is 0 Å². The molecule has 5 nitrogen and oxygen atoms in total. The van der Waals surface area contributed by atoms with Crippen molar-refractivity contribution >= 4 is 5.97 Å². The fourth-order valence-electron chi connectivity index (χ4n) is 1.16. The molecule has 0 fully saturated rings. The molecule has 78 valence electrons. The number of nitriles is 1. The highest BCUT2D eigenvalue weighted by Gasteiger charge is 2.16. The monoisotopic (exact) mass is 206 g/mol. The summed E-state index contributed by atoms with van der Waals surface area (Å²) in [7, 11) is 1.20. The second-order valence-electron chi connectivity index (χ2n) is 2.85. The maximum Gasteiger partial charge on any atom is 0.341 e. The molecular formula is C10H10N2O3. The summed E-state index contributed by atoms with van der Waals surface area (Å²) in [4.78, 5) is 11.2. The molecule has 0 saturated carbocycles. The van der Waals surface area contributed by atoms with Gasteiger partial charge in [-0.25, -0.2) is 4.79 Å². The molecule has 0 heterocycles. The van der Waals surface area contributed by atoms with Gasteiger partial charge in [-0.2, -0.15) is 5.26 Å². The number of methoxy groups -OCH3 is 1. The van der Waals surface area contributed by atoms with Gasteiger partial charge in [0.2, 0.25) is 0 Å². The average molecular weight is 206 g/mol. The van der Waals surface area contributed by atoms with Crippen molar-refractivity contribution in [2.75, 3.05) is 7.11 Å². The van der Waals surface area contributed by atoms with E-state index < -0.39 is 5.97 Å². The van der Waals surface area contributed by atoms with Crippen LogP contribution < -0.4 is 5.73 Å². The van der Waals surface area contributed by atoms with Crippen LogP contribution in [0.25, 0.3) is 0 Å². The van der Waals surface area contributed by atoms with E-state index in [-0.39, 0.29) is 23.4 Å². The van der Waals surface area contributed by atoms with Crippen molar-refractivity contribution in [2.24, 2.45) is 5.73 Å². The van der Waals surface area contributed by atoms with Crippen LogP contribution in [0.2, 0.25) is 0 Å². The van der Waals surface area contributed by atoms with Crippen LogP contribution in [0.1, 0.15) is 21.5 Å². The van der Waals surface area contributed by atoms with E-state index in [1.165, 1.54) is 19.2 Å². The molecule has 0 saturated heterocycles. The summed E-state index contributed by atoms with van der Waals surface area (Å²) in [5.41, 5.74) is 5.95. The van der Waals surface area contributed by atoms with Crippen molar-refractivity contribution in [1.82, 2.24) is 0 Å². The standard InChI is InChI=1S/C10H10N2O3/c1-15-10(14)8-3-6(4-11)2-7(5-12)9(8)13/h2-3,13H,4,11H2,1H3. The first-order chi connectivity index (χ1) is 7.13. The first kappa shape index (κ1) is 11.0. The number of rotatable bonds is 2. The quantitative estimate of drug-likeness (QED) is 0.687. The largest absolute Gasteiger partial charge is 0.506 e. The number of carbonyl (C=O) groups is 1. The molecule has 0 atom stereocenters. The third-order valence-electron chi connectivity index (χ3n) is 1.93. The molecule has 1 rings (SSSR count). The fourth-order valence-corrected chi connectivity index (χ4v) is 1.16. The lowest BCUT2D eigenvalue weighted by molar-refractivity contribution is 0.0597. The van der Waals surface area contributed by atoms with Crippen LogP contribution in [0.5, 0.6) is 5.75 Å². The van der Waals surface area contributed by atoms with E-state index in [1.54, 1.807) is 6.07 Å². The van der Waals surface area contributed by atoms with E-state index in [0.717, 1.165) is 0 Å². The molecule has 0 aliphatic carbocycles. The molecule has 0 aromatic heterocycles. The van der Waals surface area contributed by atoms with Gasteiger partial charge in [-0.1, -0.05) is 0 Å². The second-order valence-corrected chi connectivity index (χ2v) is 2.85. The van der Waals surface area contributed by atoms with Crippen LogP contribution in [-0.2, 0) is 11.3 Å². The molecule has 5 heteroatoms. The molecule has 0 spiro atoms. The molecule has 1 aromatic rings. The minimum atomic E-state index is -0.695. The van der Waals surface area contributed by atoms with Crippen LogP contribution in [0.3, 0.4) is 0 Å². The summed E-state index contributed by atoms with van der Waals surface area (Å²) in [5, 5.41) is 18.3. The first-order valence-electron chi connectivity index (χ1n) is 4.18. The first-order valence-corrected chi connectivity index (χ1v) is 4.18. The van der Waals surface area contributed by atoms with Crippen LogP contribution in [0, 0.1) is 11.3 Å². The summed E-state index contributed by atoms with van der Waals surface area (Å²) in [5.74, 6) is -1.07. The Hall–Kier alpha value is -2.06. The third-order valence-corrected chi connectivity index (χ3v) is 1.93. The third kappa shape index (κ3) is 2.06. The number of phenols is 1. The van der Waals surface area contributed by atoms with Gasteiger partial charge in [-0.3, -0.25) is 0 Å². The predicted molar refractivity (Wildman–Crippen MR) is 52.1 cm³/mol. The van der Waals surface area contributed by atoms with Crippen LogP contribution in [0.15, 0.2) is 12.1 Å². The maximum absolute atomic E-state index is 11.2. The number of nitrogens with two attached hydrogens (primary N) is 1. The lowest BCUT2D eigenvalue weighted by Crippen LogP contribution is -2.05. The molecule has 0 aliphatic rings. The number of carbonyl (C=O) groups excluding carboxylic acids is 1. The zero-order chi connectivity index (χ0) is 11.4. The van der Waals surface area contributed by atoms with E-state index >= 15 is 0 Å². The Morgan fingerprint density at radius 1 is 1.67 bits per heavy atom. The van der Waals surface area contributed by atoms with Crippen molar-refractivity contribution in [3.05, 3.63) is 28.8 Å². The molecule has 1 aromatic carbocycles. The number of aromatic hydroxyl groups is 1. The van der Waals surface area contributed by atoms with E-state index in [9.17, 15) is 9.90 Å². The molecule has 0 radical (unpaired) electrons. The van der Waals surface area contributed by atoms with Crippen molar-refractivity contribution in [3.63, 3.8) is 0 Å². The molecule has 0 amide bonds. The van der Waals surface area contributed by atoms with Crippen LogP contribution in [0.4, 0.5) is 0 Å². The predicted octanol–water partition coefficient (Wildman–Crippen LogP) is 0.509. The molecule has 15 heavy (non-hydrogen) atoms. The molecule has 0 bridgehead atoms. The summed E-state index contributed by atoms with van der Waals surface area (Å²) in [6, 6.07) is 4.61. The number of phenolic OH excluding ortho intramolecular Hbond substituents is 1. The summed E-state index contributed by atoms with van der Waals surface area (Å²) >= 11 is 0. The zero-order valence-electron chi connectivity index (χ0n) is 8.15.